The zero-order valence-electron chi connectivity index (χ0n) is 4.68. The second kappa shape index (κ2) is 2.19. The molecule has 0 spiro atoms. The van der Waals surface area contributed by atoms with Gasteiger partial charge >= 0.3 is 16.4 Å². The topological polar surface area (TPSA) is 89.9 Å². The molecule has 1 N–H and O–H groups in total. The molecule has 58 valence electrons. The van der Waals surface area contributed by atoms with Crippen LogP contribution >= 0.6 is 0 Å². The first-order valence-electron chi connectivity index (χ1n) is 2.32. The monoisotopic (exact) mass is 168 g/mol. The van der Waals surface area contributed by atoms with Crippen molar-refractivity contribution in [2.45, 2.75) is 6.10 Å². The highest BCUT2D eigenvalue weighted by Crippen LogP contribution is 2.11. The first kappa shape index (κ1) is 7.45. The lowest BCUT2D eigenvalue weighted by Crippen LogP contribution is -2.21. The SMILES string of the molecule is O=C(O)C1COS(=O)(=O)O1. The van der Waals surface area contributed by atoms with Gasteiger partial charge in [-0.2, -0.15) is 8.42 Å². The fourth-order valence-corrected chi connectivity index (χ4v) is 1.22. The summed E-state index contributed by atoms with van der Waals surface area (Å²) in [4.78, 5) is 10.0. The maximum atomic E-state index is 10.2. The van der Waals surface area contributed by atoms with Crippen LogP contribution in [0.4, 0.5) is 0 Å². The van der Waals surface area contributed by atoms with E-state index in [0.29, 0.717) is 0 Å². The van der Waals surface area contributed by atoms with Crippen molar-refractivity contribution in [3.8, 4) is 0 Å². The Balaban J connectivity index is 2.69. The van der Waals surface area contributed by atoms with Gasteiger partial charge in [0.05, 0.1) is 0 Å². The molecule has 0 radical (unpaired) electrons. The minimum Gasteiger partial charge on any atom is -0.479 e. The van der Waals surface area contributed by atoms with Crippen LogP contribution in [0, 0.1) is 0 Å². The number of aliphatic carboxylic acids is 1. The molecule has 6 nitrogen and oxygen atoms in total. The third-order valence-electron chi connectivity index (χ3n) is 0.873. The van der Waals surface area contributed by atoms with Crippen LogP contribution < -0.4 is 0 Å². The molecule has 0 bridgehead atoms. The number of rotatable bonds is 1. The highest BCUT2D eigenvalue weighted by atomic mass is 32.3. The summed E-state index contributed by atoms with van der Waals surface area (Å²) in [6.45, 7) is -0.447. The van der Waals surface area contributed by atoms with E-state index in [1.807, 2.05) is 0 Å². The zero-order chi connectivity index (χ0) is 7.78. The molecule has 1 saturated heterocycles. The lowest BCUT2D eigenvalue weighted by molar-refractivity contribution is -0.144. The standard InChI is InChI=1S/C3H4O6S/c4-3(5)2-1-8-10(6,7)9-2/h2H,1H2,(H,4,5). The predicted octanol–water partition coefficient (Wildman–Crippen LogP) is -1.27. The number of hydrogen-bond donors (Lipinski definition) is 1. The maximum Gasteiger partial charge on any atom is 0.400 e. The van der Waals surface area contributed by atoms with Crippen LogP contribution in [0.5, 0.6) is 0 Å². The van der Waals surface area contributed by atoms with E-state index < -0.39 is 29.1 Å². The van der Waals surface area contributed by atoms with E-state index in [1.54, 1.807) is 0 Å². The molecule has 0 aromatic carbocycles. The molecule has 1 fully saturated rings. The maximum absolute atomic E-state index is 10.2. The summed E-state index contributed by atoms with van der Waals surface area (Å²) in [5.74, 6) is -1.35. The lowest BCUT2D eigenvalue weighted by Gasteiger charge is -1.94. The average Bonchev–Trinajstić information content (AvgIpc) is 2.10. The van der Waals surface area contributed by atoms with Crippen molar-refractivity contribution in [3.63, 3.8) is 0 Å². The molecule has 1 unspecified atom stereocenters. The van der Waals surface area contributed by atoms with Gasteiger partial charge in [0.25, 0.3) is 0 Å². The molecular weight excluding hydrogens is 164 g/mol. The van der Waals surface area contributed by atoms with Crippen LogP contribution in [0.1, 0.15) is 0 Å². The molecule has 0 aromatic heterocycles. The molecule has 1 aliphatic rings. The van der Waals surface area contributed by atoms with Crippen LogP contribution in [-0.2, 0) is 23.6 Å². The van der Waals surface area contributed by atoms with Crippen molar-refractivity contribution in [2.75, 3.05) is 6.61 Å². The van der Waals surface area contributed by atoms with Gasteiger partial charge in [-0.3, -0.25) is 0 Å². The Bertz CT molecular complexity index is 240. The average molecular weight is 168 g/mol. The highest BCUT2D eigenvalue weighted by Gasteiger charge is 2.35. The van der Waals surface area contributed by atoms with Gasteiger partial charge in [-0.25, -0.2) is 13.2 Å². The number of carbonyl (C=O) groups is 1. The molecule has 10 heavy (non-hydrogen) atoms. The molecule has 0 saturated carbocycles. The number of hydrogen-bond acceptors (Lipinski definition) is 5. The fraction of sp³-hybridized carbons (Fsp3) is 0.667. The molecule has 0 aliphatic carbocycles. The first-order valence-corrected chi connectivity index (χ1v) is 3.65. The summed E-state index contributed by atoms with van der Waals surface area (Å²) >= 11 is 0. The Hall–Kier alpha value is -0.660. The van der Waals surface area contributed by atoms with Crippen LogP contribution in [0.15, 0.2) is 0 Å². The smallest absolute Gasteiger partial charge is 0.400 e. The second-order valence-corrected chi connectivity index (χ2v) is 2.86. The van der Waals surface area contributed by atoms with E-state index in [1.165, 1.54) is 0 Å². The van der Waals surface area contributed by atoms with Gasteiger partial charge in [0, 0.05) is 0 Å². The van der Waals surface area contributed by atoms with Crippen LogP contribution in [0.2, 0.25) is 0 Å². The number of carboxylic acid groups (broad SMARTS) is 1. The minimum absolute atomic E-state index is 0.447. The highest BCUT2D eigenvalue weighted by molar-refractivity contribution is 7.82. The van der Waals surface area contributed by atoms with Gasteiger partial charge in [0.1, 0.15) is 6.61 Å². The van der Waals surface area contributed by atoms with Crippen molar-refractivity contribution in [3.05, 3.63) is 0 Å². The zero-order valence-corrected chi connectivity index (χ0v) is 5.50. The Morgan fingerprint density at radius 3 is 2.40 bits per heavy atom. The van der Waals surface area contributed by atoms with Crippen LogP contribution in [0.25, 0.3) is 0 Å². The third kappa shape index (κ3) is 1.43. The van der Waals surface area contributed by atoms with Gasteiger partial charge in [-0.1, -0.05) is 0 Å². The van der Waals surface area contributed by atoms with Crippen molar-refractivity contribution in [2.24, 2.45) is 0 Å². The van der Waals surface area contributed by atoms with Gasteiger partial charge < -0.3 is 5.11 Å². The summed E-state index contributed by atoms with van der Waals surface area (Å²) in [5, 5.41) is 8.18. The fourth-order valence-electron chi connectivity index (χ4n) is 0.455. The summed E-state index contributed by atoms with van der Waals surface area (Å²) in [5.41, 5.74) is 0. The second-order valence-electron chi connectivity index (χ2n) is 1.62. The molecular formula is C3H4O6S. The Morgan fingerprint density at radius 2 is 2.20 bits per heavy atom. The quantitative estimate of drug-likeness (QED) is 0.525. The van der Waals surface area contributed by atoms with Crippen molar-refractivity contribution in [1.29, 1.82) is 0 Å². The van der Waals surface area contributed by atoms with Crippen molar-refractivity contribution >= 4 is 16.4 Å². The lowest BCUT2D eigenvalue weighted by atomic mass is 10.4. The summed E-state index contributed by atoms with van der Waals surface area (Å²) < 4.78 is 28.4. The molecule has 1 rings (SSSR count). The van der Waals surface area contributed by atoms with Crippen molar-refractivity contribution in [1.82, 2.24) is 0 Å². The third-order valence-corrected chi connectivity index (χ3v) is 1.77. The first-order chi connectivity index (χ1) is 4.51. The van der Waals surface area contributed by atoms with E-state index in [2.05, 4.69) is 8.37 Å². The number of carboxylic acids is 1. The van der Waals surface area contributed by atoms with Gasteiger partial charge in [-0.05, 0) is 0 Å². The van der Waals surface area contributed by atoms with E-state index in [-0.39, 0.29) is 0 Å². The van der Waals surface area contributed by atoms with Gasteiger partial charge in [-0.15, -0.1) is 0 Å². The molecule has 1 atom stereocenters. The largest absolute Gasteiger partial charge is 0.479 e. The Morgan fingerprint density at radius 1 is 1.60 bits per heavy atom. The normalized spacial score (nSPS) is 30.2. The molecule has 7 heteroatoms. The van der Waals surface area contributed by atoms with Crippen LogP contribution in [0.3, 0.4) is 0 Å². The van der Waals surface area contributed by atoms with E-state index in [9.17, 15) is 13.2 Å². The molecule has 0 aromatic rings. The predicted molar refractivity (Wildman–Crippen MR) is 27.4 cm³/mol. The molecule has 1 heterocycles. The van der Waals surface area contributed by atoms with Crippen LogP contribution in [-0.4, -0.2) is 32.2 Å². The van der Waals surface area contributed by atoms with Crippen molar-refractivity contribution < 1.29 is 26.7 Å². The summed E-state index contributed by atoms with van der Waals surface area (Å²) in [7, 11) is -4.02. The van der Waals surface area contributed by atoms with E-state index >= 15 is 0 Å². The minimum atomic E-state index is -4.02. The van der Waals surface area contributed by atoms with Gasteiger partial charge in [0.15, 0.2) is 0 Å². The molecule has 0 amide bonds. The summed E-state index contributed by atoms with van der Waals surface area (Å²) in [6.07, 6.45) is -1.38. The van der Waals surface area contributed by atoms with Gasteiger partial charge in [0.2, 0.25) is 6.10 Å². The Labute approximate surface area is 56.7 Å². The molecule has 1 aliphatic heterocycles. The van der Waals surface area contributed by atoms with E-state index in [0.717, 1.165) is 0 Å². The summed E-state index contributed by atoms with van der Waals surface area (Å²) in [6, 6.07) is 0. The Kier molecular flexibility index (Phi) is 1.63. The van der Waals surface area contributed by atoms with E-state index in [4.69, 9.17) is 5.11 Å².